The molecular weight excluding hydrogens is 389 g/mol. The fraction of sp³-hybridized carbons (Fsp3) is 0.263. The van der Waals surface area contributed by atoms with Crippen LogP contribution in [-0.4, -0.2) is 32.2 Å². The lowest BCUT2D eigenvalue weighted by Crippen LogP contribution is -2.46. The summed E-state index contributed by atoms with van der Waals surface area (Å²) in [6.45, 7) is 0. The molecule has 0 radical (unpaired) electrons. The number of nitrogens with zero attached hydrogens (tertiary/aromatic N) is 1. The lowest BCUT2D eigenvalue weighted by atomic mass is 9.91. The fourth-order valence-corrected chi connectivity index (χ4v) is 3.93. The molecule has 0 aromatic heterocycles. The predicted octanol–water partition coefficient (Wildman–Crippen LogP) is 4.24. The molecule has 6 nitrogen and oxygen atoms in total. The van der Waals surface area contributed by atoms with Crippen LogP contribution in [0.5, 0.6) is 0 Å². The number of amides is 2. The molecule has 0 fully saturated rings. The minimum atomic E-state index is -0.641. The van der Waals surface area contributed by atoms with Crippen molar-refractivity contribution in [3.8, 4) is 0 Å². The van der Waals surface area contributed by atoms with Crippen molar-refractivity contribution in [1.29, 1.82) is 0 Å². The van der Waals surface area contributed by atoms with E-state index in [1.54, 1.807) is 24.1 Å². The number of para-hydroxylation sites is 1. The van der Waals surface area contributed by atoms with Crippen molar-refractivity contribution < 1.29 is 14.3 Å². The smallest absolute Gasteiger partial charge is 0.328 e. The Labute approximate surface area is 167 Å². The SMILES string of the molecule is CNC(=O)N(c1ccccc1)[C@@H]1C[C@@H](C(=O)OC)Nc2cc(Cl)cc(Cl)c21. The summed E-state index contributed by atoms with van der Waals surface area (Å²) in [5.74, 6) is -0.424. The van der Waals surface area contributed by atoms with Gasteiger partial charge in [-0.1, -0.05) is 41.4 Å². The van der Waals surface area contributed by atoms with Crippen LogP contribution in [0, 0.1) is 0 Å². The third-order valence-corrected chi connectivity index (χ3v) is 5.01. The topological polar surface area (TPSA) is 70.7 Å². The zero-order valence-corrected chi connectivity index (χ0v) is 16.3. The third-order valence-electron chi connectivity index (χ3n) is 4.48. The number of halogens is 2. The Kier molecular flexibility index (Phi) is 5.77. The maximum atomic E-state index is 12.8. The molecule has 2 aromatic rings. The Hall–Kier alpha value is -2.44. The minimum Gasteiger partial charge on any atom is -0.467 e. The Bertz CT molecular complexity index is 861. The molecule has 3 rings (SSSR count). The number of hydrogen-bond donors (Lipinski definition) is 2. The zero-order chi connectivity index (χ0) is 19.6. The summed E-state index contributed by atoms with van der Waals surface area (Å²) in [6.07, 6.45) is 0.295. The van der Waals surface area contributed by atoms with Crippen molar-refractivity contribution in [3.05, 3.63) is 58.1 Å². The van der Waals surface area contributed by atoms with Gasteiger partial charge in [0.2, 0.25) is 0 Å². The number of fused-ring (bicyclic) bond motifs is 1. The zero-order valence-electron chi connectivity index (χ0n) is 14.8. The van der Waals surface area contributed by atoms with Crippen LogP contribution >= 0.6 is 23.2 Å². The van der Waals surface area contributed by atoms with Gasteiger partial charge in [0.1, 0.15) is 6.04 Å². The third kappa shape index (κ3) is 3.82. The maximum Gasteiger partial charge on any atom is 0.328 e. The van der Waals surface area contributed by atoms with E-state index in [1.165, 1.54) is 7.11 Å². The van der Waals surface area contributed by atoms with Gasteiger partial charge in [-0.25, -0.2) is 9.59 Å². The van der Waals surface area contributed by atoms with Crippen LogP contribution in [0.4, 0.5) is 16.2 Å². The lowest BCUT2D eigenvalue weighted by Gasteiger charge is -2.39. The van der Waals surface area contributed by atoms with E-state index in [1.807, 2.05) is 30.3 Å². The first-order chi connectivity index (χ1) is 13.0. The highest BCUT2D eigenvalue weighted by Crippen LogP contribution is 2.44. The summed E-state index contributed by atoms with van der Waals surface area (Å²) in [4.78, 5) is 26.6. The Morgan fingerprint density at radius 3 is 2.56 bits per heavy atom. The predicted molar refractivity (Wildman–Crippen MR) is 107 cm³/mol. The van der Waals surface area contributed by atoms with Gasteiger partial charge in [0.15, 0.2) is 0 Å². The van der Waals surface area contributed by atoms with E-state index in [2.05, 4.69) is 10.6 Å². The molecule has 0 saturated heterocycles. The van der Waals surface area contributed by atoms with Crippen molar-refractivity contribution in [1.82, 2.24) is 5.32 Å². The summed E-state index contributed by atoms with van der Waals surface area (Å²) in [7, 11) is 2.88. The number of benzene rings is 2. The van der Waals surface area contributed by atoms with Crippen LogP contribution in [0.2, 0.25) is 10.0 Å². The van der Waals surface area contributed by atoms with Crippen LogP contribution in [0.25, 0.3) is 0 Å². The van der Waals surface area contributed by atoms with Gasteiger partial charge in [-0.2, -0.15) is 0 Å². The molecule has 0 spiro atoms. The molecule has 2 amide bonds. The van der Waals surface area contributed by atoms with Crippen LogP contribution < -0.4 is 15.5 Å². The Balaban J connectivity index is 2.16. The number of esters is 1. The molecule has 1 aliphatic heterocycles. The van der Waals surface area contributed by atoms with Gasteiger partial charge in [-0.15, -0.1) is 0 Å². The summed E-state index contributed by atoms with van der Waals surface area (Å²) in [5, 5.41) is 6.63. The minimum absolute atomic E-state index is 0.295. The number of rotatable bonds is 3. The molecule has 142 valence electrons. The maximum absolute atomic E-state index is 12.8. The van der Waals surface area contributed by atoms with Crippen molar-refractivity contribution >= 4 is 46.6 Å². The first kappa shape index (κ1) is 19.3. The number of carbonyl (C=O) groups excluding carboxylic acids is 2. The molecule has 0 unspecified atom stereocenters. The molecular formula is C19H19Cl2N3O3. The molecule has 27 heavy (non-hydrogen) atoms. The molecule has 1 aliphatic rings. The Morgan fingerprint density at radius 2 is 1.93 bits per heavy atom. The number of nitrogens with one attached hydrogen (secondary N) is 2. The molecule has 0 saturated carbocycles. The summed E-state index contributed by atoms with van der Waals surface area (Å²) in [6, 6.07) is 11.1. The lowest BCUT2D eigenvalue weighted by molar-refractivity contribution is -0.141. The molecule has 0 bridgehead atoms. The second-order valence-electron chi connectivity index (χ2n) is 6.08. The van der Waals surface area contributed by atoms with Crippen molar-refractivity contribution in [2.45, 2.75) is 18.5 Å². The van der Waals surface area contributed by atoms with Gasteiger partial charge in [-0.3, -0.25) is 4.90 Å². The van der Waals surface area contributed by atoms with E-state index >= 15 is 0 Å². The highest BCUT2D eigenvalue weighted by Gasteiger charge is 2.38. The number of carbonyl (C=O) groups is 2. The molecule has 2 atom stereocenters. The van der Waals surface area contributed by atoms with Gasteiger partial charge in [0.25, 0.3) is 0 Å². The van der Waals surface area contributed by atoms with E-state index in [-0.39, 0.29) is 6.03 Å². The molecule has 1 heterocycles. The normalized spacial score (nSPS) is 18.1. The number of hydrogen-bond acceptors (Lipinski definition) is 4. The van der Waals surface area contributed by atoms with E-state index in [0.29, 0.717) is 33.4 Å². The van der Waals surface area contributed by atoms with E-state index in [4.69, 9.17) is 27.9 Å². The molecule has 2 aromatic carbocycles. The number of ether oxygens (including phenoxy) is 1. The highest BCUT2D eigenvalue weighted by atomic mass is 35.5. The van der Waals surface area contributed by atoms with Gasteiger partial charge in [0, 0.05) is 40.5 Å². The second-order valence-corrected chi connectivity index (χ2v) is 6.92. The first-order valence-electron chi connectivity index (χ1n) is 8.35. The van der Waals surface area contributed by atoms with Crippen molar-refractivity contribution in [2.24, 2.45) is 0 Å². The standard InChI is InChI=1S/C19H19Cl2N3O3/c1-22-19(26)24(12-6-4-3-5-7-12)16-10-15(18(25)27-2)23-14-9-11(20)8-13(21)17(14)16/h3-9,15-16,23H,10H2,1-2H3,(H,22,26)/t15-,16+/m0/s1. The average molecular weight is 408 g/mol. The van der Waals surface area contributed by atoms with Crippen LogP contribution in [0.15, 0.2) is 42.5 Å². The number of methoxy groups -OCH3 is 1. The molecule has 2 N–H and O–H groups in total. The second kappa shape index (κ2) is 8.06. The first-order valence-corrected chi connectivity index (χ1v) is 9.11. The summed E-state index contributed by atoms with van der Waals surface area (Å²) < 4.78 is 4.90. The van der Waals surface area contributed by atoms with Gasteiger partial charge >= 0.3 is 12.0 Å². The molecule has 8 heteroatoms. The van der Waals surface area contributed by atoms with Gasteiger partial charge in [-0.05, 0) is 24.3 Å². The largest absolute Gasteiger partial charge is 0.467 e. The van der Waals surface area contributed by atoms with E-state index in [0.717, 1.165) is 0 Å². The quantitative estimate of drug-likeness (QED) is 0.746. The highest BCUT2D eigenvalue weighted by molar-refractivity contribution is 6.35. The fourth-order valence-electron chi connectivity index (χ4n) is 3.31. The number of anilines is 2. The van der Waals surface area contributed by atoms with Crippen LogP contribution in [0.1, 0.15) is 18.0 Å². The van der Waals surface area contributed by atoms with E-state index < -0.39 is 18.1 Å². The van der Waals surface area contributed by atoms with Gasteiger partial charge in [0.05, 0.1) is 13.2 Å². The summed E-state index contributed by atoms with van der Waals surface area (Å²) in [5.41, 5.74) is 1.99. The number of urea groups is 1. The monoisotopic (exact) mass is 407 g/mol. The van der Waals surface area contributed by atoms with Crippen LogP contribution in [-0.2, 0) is 9.53 Å². The Morgan fingerprint density at radius 1 is 1.22 bits per heavy atom. The van der Waals surface area contributed by atoms with Crippen LogP contribution in [0.3, 0.4) is 0 Å². The van der Waals surface area contributed by atoms with Crippen molar-refractivity contribution in [3.63, 3.8) is 0 Å². The van der Waals surface area contributed by atoms with E-state index in [9.17, 15) is 9.59 Å². The van der Waals surface area contributed by atoms with Crippen molar-refractivity contribution in [2.75, 3.05) is 24.4 Å². The molecule has 0 aliphatic carbocycles. The average Bonchev–Trinajstić information content (AvgIpc) is 2.67. The summed E-state index contributed by atoms with van der Waals surface area (Å²) >= 11 is 12.6. The van der Waals surface area contributed by atoms with Gasteiger partial charge < -0.3 is 15.4 Å².